The first-order valence-electron chi connectivity index (χ1n) is 8.47. The van der Waals surface area contributed by atoms with Crippen molar-refractivity contribution in [2.24, 2.45) is 5.73 Å². The van der Waals surface area contributed by atoms with E-state index in [1.165, 1.54) is 0 Å². The molecule has 0 aliphatic carbocycles. The average molecular weight is 350 g/mol. The van der Waals surface area contributed by atoms with Crippen molar-refractivity contribution in [3.63, 3.8) is 0 Å². The molecule has 0 bridgehead atoms. The van der Waals surface area contributed by atoms with E-state index in [1.807, 2.05) is 47.9 Å². The Morgan fingerprint density at radius 2 is 1.88 bits per heavy atom. The summed E-state index contributed by atoms with van der Waals surface area (Å²) in [4.78, 5) is 26.4. The second-order valence-electron chi connectivity index (χ2n) is 6.49. The number of rotatable bonds is 6. The van der Waals surface area contributed by atoms with Crippen LogP contribution in [0.1, 0.15) is 32.3 Å². The Hall–Kier alpha value is -1.53. The van der Waals surface area contributed by atoms with E-state index in [1.54, 1.807) is 6.92 Å². The van der Waals surface area contributed by atoms with Gasteiger partial charge in [-0.1, -0.05) is 25.5 Å². The lowest BCUT2D eigenvalue weighted by molar-refractivity contribution is -0.130. The highest BCUT2D eigenvalue weighted by molar-refractivity contribution is 7.99. The molecule has 1 unspecified atom stereocenters. The molecule has 2 rings (SSSR count). The highest BCUT2D eigenvalue weighted by Crippen LogP contribution is 2.16. The summed E-state index contributed by atoms with van der Waals surface area (Å²) < 4.78 is 0. The molecule has 1 atom stereocenters. The normalized spacial score (nSPS) is 17.2. The van der Waals surface area contributed by atoms with Crippen molar-refractivity contribution in [3.8, 4) is 0 Å². The number of nitrogens with two attached hydrogens (primary N) is 1. The number of hydrogen-bond donors (Lipinski definition) is 2. The highest BCUT2D eigenvalue weighted by Gasteiger charge is 2.27. The first kappa shape index (κ1) is 18.8. The summed E-state index contributed by atoms with van der Waals surface area (Å²) in [7, 11) is 0. The van der Waals surface area contributed by atoms with Gasteiger partial charge in [-0.05, 0) is 31.0 Å². The second-order valence-corrected chi connectivity index (χ2v) is 7.71. The fourth-order valence-corrected chi connectivity index (χ4v) is 3.61. The summed E-state index contributed by atoms with van der Waals surface area (Å²) in [6.07, 6.45) is 1.90. The Balaban J connectivity index is 1.90. The van der Waals surface area contributed by atoms with Crippen LogP contribution in [0.25, 0.3) is 0 Å². The Morgan fingerprint density at radius 3 is 2.46 bits per heavy atom. The Labute approximate surface area is 148 Å². The fraction of sp³-hybridized carbons (Fsp3) is 0.556. The van der Waals surface area contributed by atoms with Crippen LogP contribution < -0.4 is 11.1 Å². The summed E-state index contributed by atoms with van der Waals surface area (Å²) in [5.41, 5.74) is 6.83. The van der Waals surface area contributed by atoms with E-state index in [9.17, 15) is 9.59 Å². The summed E-state index contributed by atoms with van der Waals surface area (Å²) in [5.74, 6) is 2.03. The number of benzene rings is 1. The number of hydrogen-bond acceptors (Lipinski definition) is 4. The van der Waals surface area contributed by atoms with Gasteiger partial charge in [-0.3, -0.25) is 9.59 Å². The SMILES string of the molecule is CCCC(C)(N)C(=O)Nc1ccc(CC(=O)N2CCSCC2)cc1. The number of thioether (sulfide) groups is 1. The van der Waals surface area contributed by atoms with E-state index < -0.39 is 5.54 Å². The van der Waals surface area contributed by atoms with Crippen molar-refractivity contribution in [2.75, 3.05) is 29.9 Å². The molecule has 24 heavy (non-hydrogen) atoms. The lowest BCUT2D eigenvalue weighted by Crippen LogP contribution is -2.48. The van der Waals surface area contributed by atoms with Gasteiger partial charge in [0.25, 0.3) is 0 Å². The van der Waals surface area contributed by atoms with E-state index >= 15 is 0 Å². The lowest BCUT2D eigenvalue weighted by Gasteiger charge is -2.26. The molecule has 1 aromatic carbocycles. The van der Waals surface area contributed by atoms with Gasteiger partial charge in [0.2, 0.25) is 11.8 Å². The summed E-state index contributed by atoms with van der Waals surface area (Å²) in [6.45, 7) is 5.43. The molecule has 0 radical (unpaired) electrons. The zero-order valence-corrected chi connectivity index (χ0v) is 15.3. The van der Waals surface area contributed by atoms with Crippen LogP contribution in [0.2, 0.25) is 0 Å². The van der Waals surface area contributed by atoms with Gasteiger partial charge in [0.15, 0.2) is 0 Å². The van der Waals surface area contributed by atoms with E-state index in [-0.39, 0.29) is 11.8 Å². The van der Waals surface area contributed by atoms with Gasteiger partial charge in [0.05, 0.1) is 12.0 Å². The number of anilines is 1. The Bertz CT molecular complexity index is 566. The fourth-order valence-electron chi connectivity index (χ4n) is 2.71. The molecule has 1 aliphatic heterocycles. The van der Waals surface area contributed by atoms with Crippen LogP contribution in [0.5, 0.6) is 0 Å². The third-order valence-electron chi connectivity index (χ3n) is 4.22. The van der Waals surface area contributed by atoms with E-state index in [0.717, 1.165) is 36.6 Å². The van der Waals surface area contributed by atoms with Crippen LogP contribution in [0.15, 0.2) is 24.3 Å². The predicted molar refractivity (Wildman–Crippen MR) is 100 cm³/mol. The zero-order chi connectivity index (χ0) is 17.6. The molecule has 0 spiro atoms. The summed E-state index contributed by atoms with van der Waals surface area (Å²) in [5, 5.41) is 2.85. The van der Waals surface area contributed by atoms with Crippen molar-refractivity contribution in [1.82, 2.24) is 4.90 Å². The molecule has 1 aliphatic rings. The lowest BCUT2D eigenvalue weighted by atomic mass is 9.96. The molecule has 3 N–H and O–H groups in total. The van der Waals surface area contributed by atoms with Gasteiger partial charge in [0.1, 0.15) is 0 Å². The minimum Gasteiger partial charge on any atom is -0.341 e. The van der Waals surface area contributed by atoms with Crippen LogP contribution >= 0.6 is 11.8 Å². The molecule has 1 aromatic rings. The molecule has 2 amide bonds. The molecule has 1 heterocycles. The third-order valence-corrected chi connectivity index (χ3v) is 5.16. The molecule has 0 aromatic heterocycles. The van der Waals surface area contributed by atoms with Gasteiger partial charge in [-0.15, -0.1) is 0 Å². The molecule has 132 valence electrons. The molecular formula is C18H27N3O2S. The number of carbonyl (C=O) groups is 2. The van der Waals surface area contributed by atoms with E-state index in [0.29, 0.717) is 18.5 Å². The van der Waals surface area contributed by atoms with Crippen LogP contribution in [-0.4, -0.2) is 46.8 Å². The first-order valence-corrected chi connectivity index (χ1v) is 9.62. The van der Waals surface area contributed by atoms with Crippen LogP contribution in [0, 0.1) is 0 Å². The monoisotopic (exact) mass is 349 g/mol. The van der Waals surface area contributed by atoms with Crippen molar-refractivity contribution in [3.05, 3.63) is 29.8 Å². The molecule has 1 fully saturated rings. The largest absolute Gasteiger partial charge is 0.341 e. The average Bonchev–Trinajstić information content (AvgIpc) is 2.57. The first-order chi connectivity index (χ1) is 11.4. The number of carbonyl (C=O) groups excluding carboxylic acids is 2. The van der Waals surface area contributed by atoms with E-state index in [4.69, 9.17) is 5.73 Å². The Kier molecular flexibility index (Phi) is 6.69. The molecule has 5 nitrogen and oxygen atoms in total. The Morgan fingerprint density at radius 1 is 1.25 bits per heavy atom. The van der Waals surface area contributed by atoms with Crippen molar-refractivity contribution in [2.45, 2.75) is 38.6 Å². The van der Waals surface area contributed by atoms with Gasteiger partial charge >= 0.3 is 0 Å². The second kappa shape index (κ2) is 8.53. The minimum absolute atomic E-state index is 0.171. The van der Waals surface area contributed by atoms with Gasteiger partial charge in [-0.2, -0.15) is 11.8 Å². The standard InChI is InChI=1S/C18H27N3O2S/c1-3-8-18(2,19)17(23)20-15-6-4-14(5-7-15)13-16(22)21-9-11-24-12-10-21/h4-7H,3,8-13,19H2,1-2H3,(H,20,23). The maximum absolute atomic E-state index is 12.3. The minimum atomic E-state index is -0.865. The van der Waals surface area contributed by atoms with Crippen molar-refractivity contribution >= 4 is 29.3 Å². The molecule has 0 saturated carbocycles. The molecular weight excluding hydrogens is 322 g/mol. The van der Waals surface area contributed by atoms with Gasteiger partial charge in [-0.25, -0.2) is 0 Å². The smallest absolute Gasteiger partial charge is 0.244 e. The highest BCUT2D eigenvalue weighted by atomic mass is 32.2. The van der Waals surface area contributed by atoms with Crippen LogP contribution in [-0.2, 0) is 16.0 Å². The van der Waals surface area contributed by atoms with Crippen molar-refractivity contribution in [1.29, 1.82) is 0 Å². The van der Waals surface area contributed by atoms with Crippen LogP contribution in [0.4, 0.5) is 5.69 Å². The van der Waals surface area contributed by atoms with Gasteiger partial charge in [0, 0.05) is 30.3 Å². The summed E-state index contributed by atoms with van der Waals surface area (Å²) >= 11 is 1.89. The van der Waals surface area contributed by atoms with Gasteiger partial charge < -0.3 is 16.0 Å². The number of nitrogens with zero attached hydrogens (tertiary/aromatic N) is 1. The third kappa shape index (κ3) is 5.24. The summed E-state index contributed by atoms with van der Waals surface area (Å²) in [6, 6.07) is 7.43. The number of amides is 2. The predicted octanol–water partition coefficient (Wildman–Crippen LogP) is 2.26. The maximum Gasteiger partial charge on any atom is 0.244 e. The van der Waals surface area contributed by atoms with Crippen LogP contribution in [0.3, 0.4) is 0 Å². The topological polar surface area (TPSA) is 75.4 Å². The quantitative estimate of drug-likeness (QED) is 0.826. The zero-order valence-electron chi connectivity index (χ0n) is 14.5. The number of nitrogens with one attached hydrogen (secondary N) is 1. The molecule has 6 heteroatoms. The van der Waals surface area contributed by atoms with Crippen molar-refractivity contribution < 1.29 is 9.59 Å². The maximum atomic E-state index is 12.3. The molecule has 1 saturated heterocycles. The van der Waals surface area contributed by atoms with E-state index in [2.05, 4.69) is 5.32 Å².